The number of anilines is 1. The van der Waals surface area contributed by atoms with E-state index in [1.54, 1.807) is 10.8 Å². The van der Waals surface area contributed by atoms with E-state index in [9.17, 15) is 13.2 Å². The number of benzene rings is 1. The lowest BCUT2D eigenvalue weighted by atomic mass is 9.93. The summed E-state index contributed by atoms with van der Waals surface area (Å²) in [5.74, 6) is 0.272. The van der Waals surface area contributed by atoms with Crippen molar-refractivity contribution in [2.75, 3.05) is 11.9 Å². The number of sulfonamides is 1. The van der Waals surface area contributed by atoms with E-state index in [0.717, 1.165) is 54.3 Å². The van der Waals surface area contributed by atoms with Crippen LogP contribution in [0.25, 0.3) is 10.9 Å². The van der Waals surface area contributed by atoms with E-state index in [1.165, 1.54) is 6.07 Å². The quantitative estimate of drug-likeness (QED) is 0.670. The summed E-state index contributed by atoms with van der Waals surface area (Å²) in [4.78, 5) is 17.5. The van der Waals surface area contributed by atoms with Gasteiger partial charge in [0.2, 0.25) is 5.88 Å². The van der Waals surface area contributed by atoms with Gasteiger partial charge >= 0.3 is 6.03 Å². The molecule has 1 aliphatic carbocycles. The van der Waals surface area contributed by atoms with Crippen LogP contribution in [0, 0.1) is 0 Å². The molecule has 1 aromatic carbocycles. The molecule has 0 unspecified atom stereocenters. The first-order chi connectivity index (χ1) is 14.5. The molecule has 0 saturated heterocycles. The van der Waals surface area contributed by atoms with Gasteiger partial charge in [0.1, 0.15) is 4.90 Å². The molecule has 9 heteroatoms. The van der Waals surface area contributed by atoms with Crippen LogP contribution < -0.4 is 14.8 Å². The van der Waals surface area contributed by atoms with Crippen molar-refractivity contribution in [3.05, 3.63) is 47.8 Å². The Balaban J connectivity index is 1.46. The molecule has 0 radical (unpaired) electrons. The minimum absolute atomic E-state index is 0.0287. The molecule has 2 aliphatic rings. The molecule has 0 fully saturated rings. The number of hydrogen-bond donors (Lipinski definition) is 2. The van der Waals surface area contributed by atoms with E-state index in [2.05, 4.69) is 10.0 Å². The van der Waals surface area contributed by atoms with Crippen LogP contribution in [0.15, 0.2) is 41.4 Å². The number of aromatic nitrogens is 2. The molecular formula is C21H22N4O4S. The van der Waals surface area contributed by atoms with Gasteiger partial charge in [-0.1, -0.05) is 18.2 Å². The lowest BCUT2D eigenvalue weighted by Gasteiger charge is -2.21. The number of para-hydroxylation sites is 1. The minimum atomic E-state index is -4.08. The number of hydrogen-bond acceptors (Lipinski definition) is 5. The lowest BCUT2D eigenvalue weighted by molar-refractivity contribution is 0.234. The van der Waals surface area contributed by atoms with Crippen molar-refractivity contribution in [3.8, 4) is 5.88 Å². The second-order valence-corrected chi connectivity index (χ2v) is 9.23. The second-order valence-electron chi connectivity index (χ2n) is 7.58. The Morgan fingerprint density at radius 2 is 1.93 bits per heavy atom. The summed E-state index contributed by atoms with van der Waals surface area (Å²) in [5, 5.41) is 3.60. The standard InChI is InChI=1S/C21H22N4O4S/c26-21(24-30(27,28)18-10-12-25-11-5-13-29-20(18)25)23-19-14-6-1-3-8-16(14)22-17-9-4-2-7-15(17)19/h1,3,6,8,10,12H,2,4-5,7,9,11,13H2,(H2,22,23,24,26). The van der Waals surface area contributed by atoms with Crippen LogP contribution >= 0.6 is 0 Å². The number of amides is 2. The summed E-state index contributed by atoms with van der Waals surface area (Å²) in [6.07, 6.45) is 6.19. The number of nitrogens with one attached hydrogen (secondary N) is 2. The van der Waals surface area contributed by atoms with Crippen molar-refractivity contribution in [3.63, 3.8) is 0 Å². The second kappa shape index (κ2) is 7.32. The lowest BCUT2D eigenvalue weighted by Crippen LogP contribution is -2.35. The zero-order valence-electron chi connectivity index (χ0n) is 16.3. The Morgan fingerprint density at radius 1 is 1.10 bits per heavy atom. The Bertz CT molecular complexity index is 1250. The molecule has 5 rings (SSSR count). The maximum Gasteiger partial charge on any atom is 0.333 e. The zero-order valence-corrected chi connectivity index (χ0v) is 17.2. The molecule has 0 bridgehead atoms. The van der Waals surface area contributed by atoms with Crippen LogP contribution in [-0.4, -0.2) is 30.6 Å². The van der Waals surface area contributed by atoms with Gasteiger partial charge in [-0.15, -0.1) is 0 Å². The number of ether oxygens (including phenoxy) is 1. The van der Waals surface area contributed by atoms with Crippen LogP contribution in [0.1, 0.15) is 30.5 Å². The molecule has 3 heterocycles. The molecule has 0 spiro atoms. The van der Waals surface area contributed by atoms with Crippen molar-refractivity contribution in [2.24, 2.45) is 0 Å². The van der Waals surface area contributed by atoms with Gasteiger partial charge in [0, 0.05) is 23.8 Å². The van der Waals surface area contributed by atoms with Crippen LogP contribution in [0.5, 0.6) is 5.88 Å². The summed E-state index contributed by atoms with van der Waals surface area (Å²) in [6.45, 7) is 1.14. The normalized spacial score (nSPS) is 15.7. The topological polar surface area (TPSA) is 102 Å². The van der Waals surface area contributed by atoms with Crippen LogP contribution in [-0.2, 0) is 29.4 Å². The first-order valence-corrected chi connectivity index (χ1v) is 11.6. The third-order valence-electron chi connectivity index (χ3n) is 5.58. The third kappa shape index (κ3) is 3.28. The number of aryl methyl sites for hydroxylation is 2. The number of carbonyl (C=O) groups is 1. The highest BCUT2D eigenvalue weighted by Gasteiger charge is 2.28. The maximum absolute atomic E-state index is 12.8. The van der Waals surface area contributed by atoms with Gasteiger partial charge in [0.05, 0.1) is 17.8 Å². The van der Waals surface area contributed by atoms with Crippen molar-refractivity contribution < 1.29 is 17.9 Å². The molecule has 156 valence electrons. The summed E-state index contributed by atoms with van der Waals surface area (Å²) >= 11 is 0. The number of carbonyl (C=O) groups excluding carboxylic acids is 1. The zero-order chi connectivity index (χ0) is 20.7. The molecule has 2 aromatic heterocycles. The summed E-state index contributed by atoms with van der Waals surface area (Å²) in [6, 6.07) is 8.22. The predicted octanol–water partition coefficient (Wildman–Crippen LogP) is 3.21. The van der Waals surface area contributed by atoms with Gasteiger partial charge in [0.25, 0.3) is 10.0 Å². The molecule has 3 aromatic rings. The molecule has 0 atom stereocenters. The first-order valence-electron chi connectivity index (χ1n) is 10.1. The highest BCUT2D eigenvalue weighted by molar-refractivity contribution is 7.90. The molecule has 1 aliphatic heterocycles. The molecular weight excluding hydrogens is 404 g/mol. The van der Waals surface area contributed by atoms with E-state index in [-0.39, 0.29) is 10.8 Å². The Labute approximate surface area is 174 Å². The molecule has 30 heavy (non-hydrogen) atoms. The predicted molar refractivity (Wildman–Crippen MR) is 112 cm³/mol. The number of pyridine rings is 1. The number of urea groups is 1. The summed E-state index contributed by atoms with van der Waals surface area (Å²) in [5.41, 5.74) is 3.37. The van der Waals surface area contributed by atoms with E-state index >= 15 is 0 Å². The largest absolute Gasteiger partial charge is 0.478 e. The summed E-state index contributed by atoms with van der Waals surface area (Å²) in [7, 11) is -4.08. The van der Waals surface area contributed by atoms with E-state index < -0.39 is 16.1 Å². The molecule has 2 amide bonds. The van der Waals surface area contributed by atoms with Crippen LogP contribution in [0.2, 0.25) is 0 Å². The smallest absolute Gasteiger partial charge is 0.333 e. The Morgan fingerprint density at radius 3 is 2.83 bits per heavy atom. The van der Waals surface area contributed by atoms with E-state index in [1.807, 2.05) is 24.3 Å². The summed E-state index contributed by atoms with van der Waals surface area (Å²) < 4.78 is 35.1. The first kappa shape index (κ1) is 18.9. The fourth-order valence-electron chi connectivity index (χ4n) is 4.21. The SMILES string of the molecule is O=C(Nc1c2c(nc3ccccc13)CCCC2)NS(=O)(=O)c1ccn2c1OCCC2. The van der Waals surface area contributed by atoms with E-state index in [0.29, 0.717) is 18.8 Å². The number of fused-ring (bicyclic) bond motifs is 3. The van der Waals surface area contributed by atoms with Gasteiger partial charge in [-0.05, 0) is 49.8 Å². The van der Waals surface area contributed by atoms with E-state index in [4.69, 9.17) is 9.72 Å². The van der Waals surface area contributed by atoms with Gasteiger partial charge in [-0.25, -0.2) is 17.9 Å². The van der Waals surface area contributed by atoms with Crippen molar-refractivity contribution in [1.82, 2.24) is 14.3 Å². The average Bonchev–Trinajstić information content (AvgIpc) is 3.18. The third-order valence-corrected chi connectivity index (χ3v) is 6.93. The number of nitrogens with zero attached hydrogens (tertiary/aromatic N) is 2. The van der Waals surface area contributed by atoms with Gasteiger partial charge < -0.3 is 14.6 Å². The maximum atomic E-state index is 12.8. The van der Waals surface area contributed by atoms with Crippen molar-refractivity contribution >= 4 is 32.6 Å². The van der Waals surface area contributed by atoms with Crippen molar-refractivity contribution in [1.29, 1.82) is 0 Å². The van der Waals surface area contributed by atoms with Gasteiger partial charge in [-0.3, -0.25) is 4.98 Å². The van der Waals surface area contributed by atoms with Crippen molar-refractivity contribution in [2.45, 2.75) is 43.5 Å². The Kier molecular flexibility index (Phi) is 4.62. The highest BCUT2D eigenvalue weighted by atomic mass is 32.2. The van der Waals surface area contributed by atoms with Crippen LogP contribution in [0.4, 0.5) is 10.5 Å². The number of rotatable bonds is 3. The van der Waals surface area contributed by atoms with Gasteiger partial charge in [0.15, 0.2) is 0 Å². The average molecular weight is 426 g/mol. The Hall–Kier alpha value is -3.07. The van der Waals surface area contributed by atoms with Crippen LogP contribution in [0.3, 0.4) is 0 Å². The molecule has 2 N–H and O–H groups in total. The molecule has 8 nitrogen and oxygen atoms in total. The minimum Gasteiger partial charge on any atom is -0.478 e. The fourth-order valence-corrected chi connectivity index (χ4v) is 5.26. The highest BCUT2D eigenvalue weighted by Crippen LogP contribution is 2.33. The monoisotopic (exact) mass is 426 g/mol. The molecule has 0 saturated carbocycles. The van der Waals surface area contributed by atoms with Gasteiger partial charge in [-0.2, -0.15) is 0 Å². The fraction of sp³-hybridized carbons (Fsp3) is 0.333.